The van der Waals surface area contributed by atoms with Crippen LogP contribution in [-0.4, -0.2) is 43.5 Å². The minimum absolute atomic E-state index is 0.471. The van der Waals surface area contributed by atoms with E-state index in [1.165, 1.54) is 32.4 Å². The van der Waals surface area contributed by atoms with E-state index in [0.717, 1.165) is 31.4 Å². The minimum Gasteiger partial charge on any atom is -0.379 e. The van der Waals surface area contributed by atoms with Crippen molar-refractivity contribution < 1.29 is 4.74 Å². The van der Waals surface area contributed by atoms with E-state index < -0.39 is 0 Å². The van der Waals surface area contributed by atoms with Crippen LogP contribution in [0, 0.1) is 11.3 Å². The van der Waals surface area contributed by atoms with Gasteiger partial charge in [-0.3, -0.25) is 0 Å². The SMILES string of the molecule is CC(C)(C)C1CCCN(CCOCCS)CC1. The van der Waals surface area contributed by atoms with Crippen molar-refractivity contribution in [3.05, 3.63) is 0 Å². The molecule has 1 aliphatic rings. The first-order valence-electron chi connectivity index (χ1n) is 6.95. The fourth-order valence-corrected chi connectivity index (χ4v) is 2.73. The smallest absolute Gasteiger partial charge is 0.0593 e. The second kappa shape index (κ2) is 7.65. The summed E-state index contributed by atoms with van der Waals surface area (Å²) in [6.07, 6.45) is 4.07. The van der Waals surface area contributed by atoms with Crippen molar-refractivity contribution in [1.29, 1.82) is 0 Å². The highest BCUT2D eigenvalue weighted by atomic mass is 32.1. The lowest BCUT2D eigenvalue weighted by Gasteiger charge is -2.29. The van der Waals surface area contributed by atoms with Gasteiger partial charge in [-0.15, -0.1) is 0 Å². The number of nitrogens with zero attached hydrogens (tertiary/aromatic N) is 1. The van der Waals surface area contributed by atoms with Gasteiger partial charge in [-0.1, -0.05) is 20.8 Å². The predicted molar refractivity (Wildman–Crippen MR) is 77.9 cm³/mol. The first-order valence-corrected chi connectivity index (χ1v) is 7.58. The van der Waals surface area contributed by atoms with Crippen LogP contribution >= 0.6 is 12.6 Å². The Bertz CT molecular complexity index is 203. The van der Waals surface area contributed by atoms with E-state index in [1.807, 2.05) is 0 Å². The number of rotatable bonds is 5. The van der Waals surface area contributed by atoms with Crippen molar-refractivity contribution >= 4 is 12.6 Å². The van der Waals surface area contributed by atoms with Gasteiger partial charge in [-0.2, -0.15) is 12.6 Å². The van der Waals surface area contributed by atoms with Crippen molar-refractivity contribution in [2.45, 2.75) is 40.0 Å². The standard InChI is InChI=1S/C14H29NOS/c1-14(2,3)13-5-4-7-15(8-6-13)9-10-16-11-12-17/h13,17H,4-12H2,1-3H3. The molecule has 0 bridgehead atoms. The molecule has 0 aromatic carbocycles. The average Bonchev–Trinajstić information content (AvgIpc) is 2.49. The largest absolute Gasteiger partial charge is 0.379 e. The van der Waals surface area contributed by atoms with Crippen LogP contribution in [-0.2, 0) is 4.74 Å². The van der Waals surface area contributed by atoms with Gasteiger partial charge in [0.15, 0.2) is 0 Å². The Balaban J connectivity index is 2.23. The minimum atomic E-state index is 0.471. The highest BCUT2D eigenvalue weighted by Crippen LogP contribution is 2.34. The Morgan fingerprint density at radius 3 is 2.59 bits per heavy atom. The molecule has 1 unspecified atom stereocenters. The summed E-state index contributed by atoms with van der Waals surface area (Å²) in [5, 5.41) is 0. The van der Waals surface area contributed by atoms with Gasteiger partial charge >= 0.3 is 0 Å². The van der Waals surface area contributed by atoms with Crippen LogP contribution in [0.4, 0.5) is 0 Å². The van der Waals surface area contributed by atoms with Gasteiger partial charge in [0.05, 0.1) is 13.2 Å². The Morgan fingerprint density at radius 1 is 1.18 bits per heavy atom. The predicted octanol–water partition coefficient (Wildman–Crippen LogP) is 3.08. The summed E-state index contributed by atoms with van der Waals surface area (Å²) < 4.78 is 5.50. The zero-order valence-electron chi connectivity index (χ0n) is 11.7. The van der Waals surface area contributed by atoms with E-state index in [-0.39, 0.29) is 0 Å². The third kappa shape index (κ3) is 6.12. The fraction of sp³-hybridized carbons (Fsp3) is 1.00. The quantitative estimate of drug-likeness (QED) is 0.602. The topological polar surface area (TPSA) is 12.5 Å². The van der Waals surface area contributed by atoms with Gasteiger partial charge in [0, 0.05) is 12.3 Å². The number of hydrogen-bond acceptors (Lipinski definition) is 3. The summed E-state index contributed by atoms with van der Waals surface area (Å²) in [6.45, 7) is 12.4. The average molecular weight is 259 g/mol. The van der Waals surface area contributed by atoms with Crippen molar-refractivity contribution in [2.24, 2.45) is 11.3 Å². The molecule has 0 aromatic heterocycles. The molecule has 0 aliphatic carbocycles. The van der Waals surface area contributed by atoms with Crippen LogP contribution < -0.4 is 0 Å². The second-order valence-electron chi connectivity index (χ2n) is 6.17. The molecular weight excluding hydrogens is 230 g/mol. The van der Waals surface area contributed by atoms with Gasteiger partial charge in [-0.25, -0.2) is 0 Å². The molecule has 102 valence electrons. The molecular formula is C14H29NOS. The molecule has 0 aromatic rings. The van der Waals surface area contributed by atoms with Crippen molar-refractivity contribution in [3.8, 4) is 0 Å². The molecule has 0 saturated carbocycles. The van der Waals surface area contributed by atoms with E-state index in [2.05, 4.69) is 38.3 Å². The maximum absolute atomic E-state index is 5.50. The first-order chi connectivity index (χ1) is 8.04. The normalized spacial score (nSPS) is 23.6. The first kappa shape index (κ1) is 15.3. The molecule has 1 saturated heterocycles. The lowest BCUT2D eigenvalue weighted by molar-refractivity contribution is 0.115. The number of thiol groups is 1. The van der Waals surface area contributed by atoms with E-state index >= 15 is 0 Å². The van der Waals surface area contributed by atoms with Gasteiger partial charge in [0.2, 0.25) is 0 Å². The third-order valence-electron chi connectivity index (χ3n) is 3.83. The highest BCUT2D eigenvalue weighted by Gasteiger charge is 2.26. The van der Waals surface area contributed by atoms with E-state index in [4.69, 9.17) is 4.74 Å². The molecule has 3 heteroatoms. The molecule has 1 atom stereocenters. The molecule has 0 N–H and O–H groups in total. The molecule has 2 nitrogen and oxygen atoms in total. The molecule has 0 amide bonds. The summed E-state index contributed by atoms with van der Waals surface area (Å²) in [4.78, 5) is 2.56. The van der Waals surface area contributed by atoms with Crippen molar-refractivity contribution in [1.82, 2.24) is 4.90 Å². The highest BCUT2D eigenvalue weighted by molar-refractivity contribution is 7.80. The molecule has 1 heterocycles. The number of likely N-dealkylation sites (tertiary alicyclic amines) is 1. The van der Waals surface area contributed by atoms with Crippen LogP contribution in [0.15, 0.2) is 0 Å². The summed E-state index contributed by atoms with van der Waals surface area (Å²) in [5.74, 6) is 1.71. The maximum atomic E-state index is 5.50. The van der Waals surface area contributed by atoms with Gasteiger partial charge in [0.25, 0.3) is 0 Å². The molecule has 0 spiro atoms. The lowest BCUT2D eigenvalue weighted by atomic mass is 9.77. The fourth-order valence-electron chi connectivity index (χ4n) is 2.61. The monoisotopic (exact) mass is 259 g/mol. The zero-order valence-corrected chi connectivity index (χ0v) is 12.6. The Kier molecular flexibility index (Phi) is 6.90. The Labute approximate surface area is 113 Å². The van der Waals surface area contributed by atoms with Crippen LogP contribution in [0.1, 0.15) is 40.0 Å². The van der Waals surface area contributed by atoms with E-state index in [0.29, 0.717) is 5.41 Å². The Morgan fingerprint density at radius 2 is 1.94 bits per heavy atom. The third-order valence-corrected chi connectivity index (χ3v) is 4.02. The molecule has 17 heavy (non-hydrogen) atoms. The number of ether oxygens (including phenoxy) is 1. The molecule has 1 rings (SSSR count). The van der Waals surface area contributed by atoms with E-state index in [9.17, 15) is 0 Å². The summed E-state index contributed by atoms with van der Waals surface area (Å²) in [7, 11) is 0. The summed E-state index contributed by atoms with van der Waals surface area (Å²) >= 11 is 4.14. The van der Waals surface area contributed by atoms with Crippen LogP contribution in [0.2, 0.25) is 0 Å². The van der Waals surface area contributed by atoms with Gasteiger partial charge in [-0.05, 0) is 43.7 Å². The zero-order chi connectivity index (χ0) is 12.7. The van der Waals surface area contributed by atoms with Crippen LogP contribution in [0.25, 0.3) is 0 Å². The second-order valence-corrected chi connectivity index (χ2v) is 6.62. The van der Waals surface area contributed by atoms with Gasteiger partial charge in [0.1, 0.15) is 0 Å². The maximum Gasteiger partial charge on any atom is 0.0593 e. The van der Waals surface area contributed by atoms with Crippen molar-refractivity contribution in [2.75, 3.05) is 38.6 Å². The van der Waals surface area contributed by atoms with Crippen LogP contribution in [0.3, 0.4) is 0 Å². The molecule has 0 radical (unpaired) electrons. The summed E-state index contributed by atoms with van der Waals surface area (Å²) in [6, 6.07) is 0. The number of hydrogen-bond donors (Lipinski definition) is 1. The molecule has 1 fully saturated rings. The Hall–Kier alpha value is 0.270. The van der Waals surface area contributed by atoms with Crippen LogP contribution in [0.5, 0.6) is 0 Å². The molecule has 1 aliphatic heterocycles. The van der Waals surface area contributed by atoms with E-state index in [1.54, 1.807) is 0 Å². The lowest BCUT2D eigenvalue weighted by Crippen LogP contribution is -2.29. The van der Waals surface area contributed by atoms with Crippen molar-refractivity contribution in [3.63, 3.8) is 0 Å². The summed E-state index contributed by atoms with van der Waals surface area (Å²) in [5.41, 5.74) is 0.471. The van der Waals surface area contributed by atoms with Gasteiger partial charge < -0.3 is 9.64 Å².